The number of H-pyrrole nitrogens is 1. The summed E-state index contributed by atoms with van der Waals surface area (Å²) in [4.78, 5) is 20.7. The first-order chi connectivity index (χ1) is 18.7. The second-order valence-corrected chi connectivity index (χ2v) is 10.8. The van der Waals surface area contributed by atoms with Crippen molar-refractivity contribution in [1.82, 2.24) is 10.3 Å². The SMILES string of the molecule is CNC=C(CC(=O)c1cc2cc(I)c(NSC)cc2[nH]1)C(N)=Nc1c(C)cc(Oc2cccc(Cl)c2)cc1F. The summed E-state index contributed by atoms with van der Waals surface area (Å²) >= 11 is 9.76. The molecule has 0 unspecified atom stereocenters. The molecule has 202 valence electrons. The monoisotopic (exact) mass is 677 g/mol. The number of ketones is 1. The lowest BCUT2D eigenvalue weighted by Gasteiger charge is -2.11. The van der Waals surface area contributed by atoms with Crippen LogP contribution < -0.4 is 20.5 Å². The topological polar surface area (TPSA) is 105 Å². The number of nitrogens with two attached hydrogens (primary N) is 1. The highest BCUT2D eigenvalue weighted by Crippen LogP contribution is 2.32. The smallest absolute Gasteiger partial charge is 0.183 e. The quantitative estimate of drug-likeness (QED) is 0.0451. The summed E-state index contributed by atoms with van der Waals surface area (Å²) in [6.07, 6.45) is 3.50. The highest BCUT2D eigenvalue weighted by molar-refractivity contribution is 14.1. The maximum Gasteiger partial charge on any atom is 0.183 e. The van der Waals surface area contributed by atoms with Crippen LogP contribution in [0.3, 0.4) is 0 Å². The number of nitrogens with one attached hydrogen (secondary N) is 3. The van der Waals surface area contributed by atoms with E-state index in [1.54, 1.807) is 50.5 Å². The number of anilines is 1. The Balaban J connectivity index is 1.56. The molecule has 0 spiro atoms. The summed E-state index contributed by atoms with van der Waals surface area (Å²) < 4.78 is 25.1. The number of carbonyl (C=O) groups is 1. The van der Waals surface area contributed by atoms with Crippen LogP contribution in [0.5, 0.6) is 11.5 Å². The summed E-state index contributed by atoms with van der Waals surface area (Å²) in [5, 5.41) is 4.33. The third kappa shape index (κ3) is 7.06. The average Bonchev–Trinajstić information content (AvgIpc) is 3.29. The molecule has 3 aromatic carbocycles. The van der Waals surface area contributed by atoms with Gasteiger partial charge in [0.1, 0.15) is 23.0 Å². The summed E-state index contributed by atoms with van der Waals surface area (Å²) in [5.74, 6) is 0.0292. The zero-order valence-electron chi connectivity index (χ0n) is 21.4. The molecular formula is C28H26ClFIN5O2S. The van der Waals surface area contributed by atoms with Crippen molar-refractivity contribution in [1.29, 1.82) is 0 Å². The van der Waals surface area contributed by atoms with Crippen molar-refractivity contribution >= 4 is 80.0 Å². The molecule has 0 aliphatic rings. The number of rotatable bonds is 10. The lowest BCUT2D eigenvalue weighted by molar-refractivity contribution is 0.0990. The lowest BCUT2D eigenvalue weighted by Crippen LogP contribution is -2.19. The van der Waals surface area contributed by atoms with E-state index in [4.69, 9.17) is 22.1 Å². The Hall–Kier alpha value is -3.22. The number of nitrogens with zero attached hydrogens (tertiary/aromatic N) is 1. The van der Waals surface area contributed by atoms with E-state index in [-0.39, 0.29) is 23.7 Å². The number of aromatic amines is 1. The van der Waals surface area contributed by atoms with E-state index in [1.165, 1.54) is 18.0 Å². The van der Waals surface area contributed by atoms with Crippen LogP contribution in [-0.2, 0) is 0 Å². The fraction of sp³-hybridized carbons (Fsp3) is 0.143. The van der Waals surface area contributed by atoms with Crippen LogP contribution in [-0.4, -0.2) is 29.9 Å². The number of benzene rings is 3. The van der Waals surface area contributed by atoms with E-state index in [0.717, 1.165) is 20.2 Å². The Bertz CT molecular complexity index is 1580. The van der Waals surface area contributed by atoms with Gasteiger partial charge in [0.05, 0.1) is 11.4 Å². The number of fused-ring (bicyclic) bond motifs is 1. The number of aliphatic imine (C=N–C) groups is 1. The first-order valence-corrected chi connectivity index (χ1v) is 14.5. The van der Waals surface area contributed by atoms with Crippen LogP contribution in [0.4, 0.5) is 15.8 Å². The van der Waals surface area contributed by atoms with Crippen molar-refractivity contribution in [2.75, 3.05) is 18.0 Å². The van der Waals surface area contributed by atoms with Gasteiger partial charge in [-0.2, -0.15) is 0 Å². The van der Waals surface area contributed by atoms with Crippen molar-refractivity contribution in [3.8, 4) is 11.5 Å². The van der Waals surface area contributed by atoms with Gasteiger partial charge in [0, 0.05) is 57.1 Å². The van der Waals surface area contributed by atoms with Gasteiger partial charge in [-0.3, -0.25) is 4.79 Å². The molecule has 1 heterocycles. The van der Waals surface area contributed by atoms with E-state index < -0.39 is 5.82 Å². The maximum atomic E-state index is 15.1. The summed E-state index contributed by atoms with van der Waals surface area (Å²) in [6.45, 7) is 1.71. The van der Waals surface area contributed by atoms with Gasteiger partial charge in [0.2, 0.25) is 0 Å². The Morgan fingerprint density at radius 2 is 2.03 bits per heavy atom. The molecule has 0 fully saturated rings. The number of carbonyl (C=O) groups excluding carboxylic acids is 1. The van der Waals surface area contributed by atoms with Crippen LogP contribution in [0, 0.1) is 16.3 Å². The molecule has 11 heteroatoms. The number of ether oxygens (including phenoxy) is 1. The van der Waals surface area contributed by atoms with E-state index in [0.29, 0.717) is 33.4 Å². The Labute approximate surface area is 248 Å². The maximum absolute atomic E-state index is 15.1. The first-order valence-electron chi connectivity index (χ1n) is 11.8. The molecule has 7 nitrogen and oxygen atoms in total. The molecule has 0 aliphatic heterocycles. The third-order valence-electron chi connectivity index (χ3n) is 5.71. The molecule has 0 bridgehead atoms. The fourth-order valence-electron chi connectivity index (χ4n) is 3.91. The van der Waals surface area contributed by atoms with Crippen molar-refractivity contribution < 1.29 is 13.9 Å². The minimum Gasteiger partial charge on any atom is -0.457 e. The summed E-state index contributed by atoms with van der Waals surface area (Å²) in [6, 6.07) is 15.5. The number of Topliss-reactive ketones (excluding diaryl/α,β-unsaturated/α-hetero) is 1. The highest BCUT2D eigenvalue weighted by atomic mass is 127. The molecular weight excluding hydrogens is 652 g/mol. The second kappa shape index (κ2) is 12.8. The van der Waals surface area contributed by atoms with Gasteiger partial charge < -0.3 is 25.5 Å². The van der Waals surface area contributed by atoms with Gasteiger partial charge in [-0.05, 0) is 77.5 Å². The molecule has 0 saturated carbocycles. The molecule has 4 aromatic rings. The molecule has 0 amide bonds. The molecule has 5 N–H and O–H groups in total. The largest absolute Gasteiger partial charge is 0.457 e. The van der Waals surface area contributed by atoms with Gasteiger partial charge in [-0.15, -0.1) is 0 Å². The minimum absolute atomic E-state index is 0.0281. The number of aryl methyl sites for hydroxylation is 1. The molecule has 4 rings (SSSR count). The molecule has 39 heavy (non-hydrogen) atoms. The predicted molar refractivity (Wildman–Crippen MR) is 168 cm³/mol. The summed E-state index contributed by atoms with van der Waals surface area (Å²) in [5.41, 5.74) is 9.54. The zero-order chi connectivity index (χ0) is 28.1. The number of amidine groups is 1. The standard InChI is InChI=1S/C28H26ClFIN5O2S/c1-15-7-20(38-19-6-4-5-18(29)11-19)12-21(30)27(15)35-28(32)17(14-33-2)10-26(37)25-9-16-8-22(31)24(36-39-3)13-23(16)34-25/h4-9,11-14,33-34,36H,10H2,1-3H3,(H2,32,35). The molecule has 1 aromatic heterocycles. The second-order valence-electron chi connectivity index (χ2n) is 8.59. The predicted octanol–water partition coefficient (Wildman–Crippen LogP) is 7.72. The number of hydrogen-bond donors (Lipinski definition) is 4. The highest BCUT2D eigenvalue weighted by Gasteiger charge is 2.17. The Morgan fingerprint density at radius 1 is 1.23 bits per heavy atom. The van der Waals surface area contributed by atoms with Crippen molar-refractivity contribution in [2.24, 2.45) is 10.7 Å². The zero-order valence-corrected chi connectivity index (χ0v) is 25.1. The third-order valence-corrected chi connectivity index (χ3v) is 7.26. The summed E-state index contributed by atoms with van der Waals surface area (Å²) in [7, 11) is 1.69. The Morgan fingerprint density at radius 3 is 2.72 bits per heavy atom. The van der Waals surface area contributed by atoms with Crippen LogP contribution in [0.15, 0.2) is 71.4 Å². The minimum atomic E-state index is -0.606. The van der Waals surface area contributed by atoms with E-state index in [1.807, 2.05) is 24.5 Å². The number of halogens is 3. The van der Waals surface area contributed by atoms with Crippen molar-refractivity contribution in [3.63, 3.8) is 0 Å². The van der Waals surface area contributed by atoms with E-state index >= 15 is 4.39 Å². The van der Waals surface area contributed by atoms with Crippen LogP contribution >= 0.6 is 46.1 Å². The number of hydrogen-bond acceptors (Lipinski definition) is 6. The van der Waals surface area contributed by atoms with Gasteiger partial charge in [-0.1, -0.05) is 29.6 Å². The van der Waals surface area contributed by atoms with Crippen LogP contribution in [0.25, 0.3) is 10.9 Å². The lowest BCUT2D eigenvalue weighted by atomic mass is 10.1. The van der Waals surface area contributed by atoms with Gasteiger partial charge in [0.25, 0.3) is 0 Å². The van der Waals surface area contributed by atoms with Crippen LogP contribution in [0.2, 0.25) is 5.02 Å². The first kappa shape index (κ1) is 28.8. The van der Waals surface area contributed by atoms with Gasteiger partial charge in [-0.25, -0.2) is 9.38 Å². The van der Waals surface area contributed by atoms with Crippen molar-refractivity contribution in [3.05, 3.63) is 92.0 Å². The Kier molecular flexibility index (Phi) is 9.41. The van der Waals surface area contributed by atoms with E-state index in [2.05, 4.69) is 42.6 Å². The molecule has 0 saturated heterocycles. The molecule has 0 aliphatic carbocycles. The normalized spacial score (nSPS) is 12.1. The average molecular weight is 678 g/mol. The van der Waals surface area contributed by atoms with Crippen LogP contribution in [0.1, 0.15) is 22.5 Å². The fourth-order valence-corrected chi connectivity index (χ4v) is 5.29. The van der Waals surface area contributed by atoms with Gasteiger partial charge in [0.15, 0.2) is 11.6 Å². The van der Waals surface area contributed by atoms with E-state index in [9.17, 15) is 4.79 Å². The van der Waals surface area contributed by atoms with Gasteiger partial charge >= 0.3 is 0 Å². The number of aromatic nitrogens is 1. The molecule has 0 radical (unpaired) electrons. The molecule has 0 atom stereocenters. The van der Waals surface area contributed by atoms with Crippen molar-refractivity contribution in [2.45, 2.75) is 13.3 Å².